The highest BCUT2D eigenvalue weighted by molar-refractivity contribution is 6.30. The Kier molecular flexibility index (Phi) is 7.82. The average molecular weight is 572 g/mol. The van der Waals surface area contributed by atoms with Crippen LogP contribution < -0.4 is 10.6 Å². The highest BCUT2D eigenvalue weighted by Crippen LogP contribution is 2.26. The van der Waals surface area contributed by atoms with Gasteiger partial charge in [0.25, 0.3) is 5.91 Å². The Morgan fingerprint density at radius 1 is 0.950 bits per heavy atom. The van der Waals surface area contributed by atoms with Crippen molar-refractivity contribution in [3.63, 3.8) is 0 Å². The number of nitriles is 1. The third-order valence-electron chi connectivity index (χ3n) is 6.18. The molecule has 200 valence electrons. The minimum absolute atomic E-state index is 0.0454. The van der Waals surface area contributed by atoms with Crippen molar-refractivity contribution >= 4 is 46.4 Å². The largest absolute Gasteiger partial charge is 0.369 e. The fraction of sp³-hybridized carbons (Fsp3) is 0.138. The molecule has 2 aromatic carbocycles. The van der Waals surface area contributed by atoms with Crippen LogP contribution in [0.1, 0.15) is 44.1 Å². The molecule has 5 aromatic rings. The van der Waals surface area contributed by atoms with Crippen LogP contribution in [0.5, 0.6) is 0 Å². The molecular weight excluding hydrogens is 549 g/mol. The summed E-state index contributed by atoms with van der Waals surface area (Å²) >= 11 is 12.1. The van der Waals surface area contributed by atoms with Gasteiger partial charge in [-0.3, -0.25) is 9.59 Å². The summed E-state index contributed by atoms with van der Waals surface area (Å²) in [4.78, 5) is 30.2. The van der Waals surface area contributed by atoms with E-state index in [0.717, 1.165) is 5.56 Å². The molecule has 9 nitrogen and oxygen atoms in total. The Morgan fingerprint density at radius 2 is 1.68 bits per heavy atom. The Bertz CT molecular complexity index is 1750. The lowest BCUT2D eigenvalue weighted by molar-refractivity contribution is 0.0948. The van der Waals surface area contributed by atoms with Crippen LogP contribution in [-0.2, 0) is 0 Å². The quantitative estimate of drug-likeness (QED) is 0.179. The number of nitrogens with one attached hydrogen (secondary N) is 2. The smallest absolute Gasteiger partial charge is 0.271 e. The minimum Gasteiger partial charge on any atom is -0.369 e. The first-order valence-corrected chi connectivity index (χ1v) is 13.2. The van der Waals surface area contributed by atoms with Gasteiger partial charge < -0.3 is 15.0 Å². The zero-order chi connectivity index (χ0) is 28.2. The molecule has 0 bridgehead atoms. The number of hydrogen-bond acceptors (Lipinski definition) is 6. The molecule has 0 unspecified atom stereocenters. The second-order valence-electron chi connectivity index (χ2n) is 9.04. The number of hydrogen-bond donors (Lipinski definition) is 2. The number of carbonyl (C=O) groups excluding carboxylic acids is 2. The van der Waals surface area contributed by atoms with E-state index in [0.29, 0.717) is 52.3 Å². The summed E-state index contributed by atoms with van der Waals surface area (Å²) in [6, 6.07) is 19.6. The van der Waals surface area contributed by atoms with E-state index in [1.54, 1.807) is 65.3 Å². The summed E-state index contributed by atoms with van der Waals surface area (Å²) in [5, 5.41) is 21.7. The van der Waals surface area contributed by atoms with Crippen molar-refractivity contribution in [3.8, 4) is 11.8 Å². The summed E-state index contributed by atoms with van der Waals surface area (Å²) in [6.07, 6.45) is 3.83. The van der Waals surface area contributed by atoms with Gasteiger partial charge in [-0.2, -0.15) is 10.4 Å². The molecule has 1 amide bonds. The minimum atomic E-state index is -0.353. The normalized spacial score (nSPS) is 10.8. The molecular formula is C29H23Cl2N7O2. The van der Waals surface area contributed by atoms with Crippen LogP contribution in [-0.4, -0.2) is 43.9 Å². The number of ketones is 1. The van der Waals surface area contributed by atoms with E-state index in [1.807, 2.05) is 19.1 Å². The van der Waals surface area contributed by atoms with Crippen LogP contribution in [0, 0.1) is 18.3 Å². The lowest BCUT2D eigenvalue weighted by Gasteiger charge is -2.11. The van der Waals surface area contributed by atoms with Crippen LogP contribution in [0.15, 0.2) is 73.1 Å². The number of benzene rings is 2. The van der Waals surface area contributed by atoms with Gasteiger partial charge >= 0.3 is 0 Å². The Morgan fingerprint density at radius 3 is 2.40 bits per heavy atom. The molecule has 11 heteroatoms. The fourth-order valence-electron chi connectivity index (χ4n) is 4.12. The predicted molar refractivity (Wildman–Crippen MR) is 154 cm³/mol. The van der Waals surface area contributed by atoms with E-state index in [1.165, 1.54) is 4.68 Å². The van der Waals surface area contributed by atoms with E-state index in [4.69, 9.17) is 23.2 Å². The molecule has 5 rings (SSSR count). The molecule has 2 N–H and O–H groups in total. The number of fused-ring (bicyclic) bond motifs is 1. The van der Waals surface area contributed by atoms with Gasteiger partial charge in [-0.05, 0) is 49.7 Å². The highest BCUT2D eigenvalue weighted by atomic mass is 35.5. The lowest BCUT2D eigenvalue weighted by Crippen LogP contribution is -2.26. The first-order chi connectivity index (χ1) is 19.3. The molecule has 40 heavy (non-hydrogen) atoms. The number of imidazole rings is 1. The van der Waals surface area contributed by atoms with E-state index < -0.39 is 0 Å². The van der Waals surface area contributed by atoms with Crippen LogP contribution in [0.4, 0.5) is 5.82 Å². The average Bonchev–Trinajstić information content (AvgIpc) is 3.54. The summed E-state index contributed by atoms with van der Waals surface area (Å²) in [7, 11) is 0. The molecule has 0 spiro atoms. The zero-order valence-corrected chi connectivity index (χ0v) is 22.9. The van der Waals surface area contributed by atoms with Crippen molar-refractivity contribution < 1.29 is 9.59 Å². The predicted octanol–water partition coefficient (Wildman–Crippen LogP) is 5.47. The van der Waals surface area contributed by atoms with Crippen molar-refractivity contribution in [1.82, 2.24) is 24.5 Å². The van der Waals surface area contributed by atoms with E-state index >= 15 is 0 Å². The maximum atomic E-state index is 13.3. The van der Waals surface area contributed by atoms with Crippen molar-refractivity contribution in [1.29, 1.82) is 5.26 Å². The maximum absolute atomic E-state index is 13.3. The van der Waals surface area contributed by atoms with E-state index in [9.17, 15) is 14.9 Å². The second kappa shape index (κ2) is 11.6. The van der Waals surface area contributed by atoms with Crippen LogP contribution >= 0.6 is 23.2 Å². The Balaban J connectivity index is 1.32. The second-order valence-corrected chi connectivity index (χ2v) is 9.92. The van der Waals surface area contributed by atoms with Gasteiger partial charge in [0, 0.05) is 36.1 Å². The lowest BCUT2D eigenvalue weighted by atomic mass is 10.0. The molecule has 0 aliphatic carbocycles. The third kappa shape index (κ3) is 5.69. The van der Waals surface area contributed by atoms with Gasteiger partial charge in [-0.25, -0.2) is 9.67 Å². The van der Waals surface area contributed by atoms with Crippen LogP contribution in [0.2, 0.25) is 10.0 Å². The monoisotopic (exact) mass is 571 g/mol. The maximum Gasteiger partial charge on any atom is 0.271 e. The summed E-state index contributed by atoms with van der Waals surface area (Å²) in [5.41, 5.74) is 3.16. The summed E-state index contributed by atoms with van der Waals surface area (Å²) in [5.74, 6) is -0.285. The van der Waals surface area contributed by atoms with Gasteiger partial charge in [-0.1, -0.05) is 53.0 Å². The number of carbonyl (C=O) groups is 2. The highest BCUT2D eigenvalue weighted by Gasteiger charge is 2.25. The fourth-order valence-corrected chi connectivity index (χ4v) is 4.41. The third-order valence-corrected chi connectivity index (χ3v) is 6.65. The number of nitrogens with zero attached hydrogens (tertiary/aromatic N) is 5. The number of aryl methyl sites for hydroxylation is 1. The zero-order valence-electron chi connectivity index (χ0n) is 21.4. The summed E-state index contributed by atoms with van der Waals surface area (Å²) in [6.45, 7) is 2.68. The van der Waals surface area contributed by atoms with Crippen molar-refractivity contribution in [2.24, 2.45) is 0 Å². The number of amides is 1. The number of pyridine rings is 1. The van der Waals surface area contributed by atoms with Crippen molar-refractivity contribution in [3.05, 3.63) is 111 Å². The molecule has 0 aliphatic rings. The molecule has 3 heterocycles. The summed E-state index contributed by atoms with van der Waals surface area (Å²) < 4.78 is 3.21. The number of anilines is 1. The topological polar surface area (TPSA) is 117 Å². The molecule has 0 saturated heterocycles. The number of halogens is 2. The Hall–Kier alpha value is -4.65. The molecule has 3 aromatic heterocycles. The SMILES string of the molecule is Cc1ccc(C(=O)c2nn(-c3ccc(Cl)cc3)c(NCCCNC(=O)c3cn4cc(Cl)ccc4n3)c2C#N)cc1. The van der Waals surface area contributed by atoms with E-state index in [2.05, 4.69) is 26.8 Å². The van der Waals surface area contributed by atoms with Gasteiger partial charge in [0.05, 0.1) is 10.7 Å². The number of aromatic nitrogens is 4. The molecule has 0 aliphatic heterocycles. The molecule has 0 atom stereocenters. The molecule has 0 radical (unpaired) electrons. The van der Waals surface area contributed by atoms with Crippen LogP contribution in [0.25, 0.3) is 11.3 Å². The van der Waals surface area contributed by atoms with Gasteiger partial charge in [0.15, 0.2) is 5.69 Å². The van der Waals surface area contributed by atoms with Crippen LogP contribution in [0.3, 0.4) is 0 Å². The first-order valence-electron chi connectivity index (χ1n) is 12.4. The number of rotatable bonds is 9. The molecule has 0 saturated carbocycles. The standard InChI is InChI=1S/C29H23Cl2N7O2/c1-18-3-5-19(6-4-18)27(39)26-23(15-32)28(38(36-26)22-10-7-20(30)8-11-22)33-13-2-14-34-29(40)24-17-37-16-21(31)9-12-25(37)35-24/h3-12,16-17,33H,2,13-14H2,1H3,(H,34,40). The Labute approximate surface area is 240 Å². The van der Waals surface area contributed by atoms with Crippen molar-refractivity contribution in [2.45, 2.75) is 13.3 Å². The first kappa shape index (κ1) is 26.9. The van der Waals surface area contributed by atoms with Gasteiger partial charge in [-0.15, -0.1) is 0 Å². The molecule has 0 fully saturated rings. The van der Waals surface area contributed by atoms with Gasteiger partial charge in [0.1, 0.15) is 28.8 Å². The van der Waals surface area contributed by atoms with Gasteiger partial charge in [0.2, 0.25) is 5.78 Å². The van der Waals surface area contributed by atoms with Crippen molar-refractivity contribution in [2.75, 3.05) is 18.4 Å². The van der Waals surface area contributed by atoms with E-state index in [-0.39, 0.29) is 28.6 Å².